The van der Waals surface area contributed by atoms with Gasteiger partial charge in [-0.05, 0) is 37.5 Å². The van der Waals surface area contributed by atoms with Gasteiger partial charge in [-0.2, -0.15) is 4.98 Å². The topological polar surface area (TPSA) is 64.9 Å². The Balaban J connectivity index is 1.67. The number of aromatic nitrogens is 2. The lowest BCUT2D eigenvalue weighted by atomic mass is 10.2. The molecule has 1 fully saturated rings. The largest absolute Gasteiger partial charge is 0.398 e. The van der Waals surface area contributed by atoms with Crippen molar-refractivity contribution in [1.82, 2.24) is 10.1 Å². The van der Waals surface area contributed by atoms with Crippen molar-refractivity contribution in [2.75, 3.05) is 5.73 Å². The molecule has 0 aliphatic heterocycles. The summed E-state index contributed by atoms with van der Waals surface area (Å²) in [5.41, 5.74) is 7.94. The predicted octanol–water partition coefficient (Wildman–Crippen LogP) is 3.13. The van der Waals surface area contributed by atoms with E-state index in [4.69, 9.17) is 10.3 Å². The fourth-order valence-corrected chi connectivity index (χ4v) is 2.64. The first-order valence-corrected chi connectivity index (χ1v) is 7.02. The first-order chi connectivity index (χ1) is 8.72. The summed E-state index contributed by atoms with van der Waals surface area (Å²) in [6.45, 7) is 2.06. The quantitative estimate of drug-likeness (QED) is 0.676. The van der Waals surface area contributed by atoms with E-state index in [0.717, 1.165) is 22.3 Å². The number of nitrogen functional groups attached to an aromatic ring is 1. The molecule has 1 saturated carbocycles. The smallest absolute Gasteiger partial charge is 0.229 e. The Bertz CT molecular complexity index is 563. The highest BCUT2D eigenvalue weighted by Crippen LogP contribution is 2.39. The molecule has 5 heteroatoms. The van der Waals surface area contributed by atoms with Crippen LogP contribution in [0.5, 0.6) is 0 Å². The molecule has 2 aromatic rings. The third-order valence-corrected chi connectivity index (χ3v) is 4.00. The predicted molar refractivity (Wildman–Crippen MR) is 71.4 cm³/mol. The Morgan fingerprint density at radius 2 is 2.28 bits per heavy atom. The zero-order chi connectivity index (χ0) is 12.5. The number of anilines is 1. The van der Waals surface area contributed by atoms with Crippen molar-refractivity contribution in [3.05, 3.63) is 35.5 Å². The van der Waals surface area contributed by atoms with Gasteiger partial charge in [0.2, 0.25) is 5.89 Å². The molecule has 0 spiro atoms. The van der Waals surface area contributed by atoms with E-state index in [1.54, 1.807) is 11.8 Å². The Hall–Kier alpha value is -1.49. The van der Waals surface area contributed by atoms with Gasteiger partial charge in [-0.15, -0.1) is 11.8 Å². The molecule has 3 rings (SSSR count). The summed E-state index contributed by atoms with van der Waals surface area (Å²) in [4.78, 5) is 5.48. The molecular weight excluding hydrogens is 246 g/mol. The number of nitrogens with two attached hydrogens (primary N) is 1. The minimum Gasteiger partial charge on any atom is -0.398 e. The maximum absolute atomic E-state index is 5.93. The first kappa shape index (κ1) is 11.6. The summed E-state index contributed by atoms with van der Waals surface area (Å²) < 4.78 is 5.23. The second-order valence-corrected chi connectivity index (χ2v) is 5.67. The normalized spacial score (nSPS) is 14.9. The van der Waals surface area contributed by atoms with Crippen molar-refractivity contribution in [1.29, 1.82) is 0 Å². The molecule has 1 heterocycles. The van der Waals surface area contributed by atoms with E-state index in [1.165, 1.54) is 18.4 Å². The van der Waals surface area contributed by atoms with Crippen LogP contribution in [0, 0.1) is 6.92 Å². The average Bonchev–Trinajstić information content (AvgIpc) is 3.10. The van der Waals surface area contributed by atoms with Gasteiger partial charge < -0.3 is 10.3 Å². The van der Waals surface area contributed by atoms with Gasteiger partial charge in [0.15, 0.2) is 5.82 Å². The highest BCUT2D eigenvalue weighted by molar-refractivity contribution is 7.98. The minimum atomic E-state index is 0.514. The van der Waals surface area contributed by atoms with E-state index in [2.05, 4.69) is 23.1 Å². The molecule has 94 valence electrons. The molecule has 4 nitrogen and oxygen atoms in total. The molecule has 0 bridgehead atoms. The van der Waals surface area contributed by atoms with Gasteiger partial charge in [-0.25, -0.2) is 0 Å². The highest BCUT2D eigenvalue weighted by atomic mass is 32.2. The van der Waals surface area contributed by atoms with Crippen LogP contribution in [0.1, 0.15) is 36.0 Å². The standard InChI is InChI=1S/C13H15N3OS/c1-8-2-5-10(14)11(6-8)18-7-12-15-13(17-16-12)9-3-4-9/h2,5-6,9H,3-4,7,14H2,1H3. The second-order valence-electron chi connectivity index (χ2n) is 4.65. The summed E-state index contributed by atoms with van der Waals surface area (Å²) in [7, 11) is 0. The molecule has 0 saturated heterocycles. The van der Waals surface area contributed by atoms with Crippen LogP contribution >= 0.6 is 11.8 Å². The van der Waals surface area contributed by atoms with E-state index in [1.807, 2.05) is 12.1 Å². The number of benzene rings is 1. The zero-order valence-corrected chi connectivity index (χ0v) is 11.0. The van der Waals surface area contributed by atoms with E-state index < -0.39 is 0 Å². The Morgan fingerprint density at radius 1 is 1.44 bits per heavy atom. The fraction of sp³-hybridized carbons (Fsp3) is 0.385. The number of aryl methyl sites for hydroxylation is 1. The van der Waals surface area contributed by atoms with Gasteiger partial charge in [0.25, 0.3) is 0 Å². The SMILES string of the molecule is Cc1ccc(N)c(SCc2noc(C3CC3)n2)c1. The summed E-state index contributed by atoms with van der Waals surface area (Å²) in [5, 5.41) is 4.00. The van der Waals surface area contributed by atoms with Gasteiger partial charge in [-0.3, -0.25) is 0 Å². The lowest BCUT2D eigenvalue weighted by molar-refractivity contribution is 0.375. The first-order valence-electron chi connectivity index (χ1n) is 6.04. The summed E-state index contributed by atoms with van der Waals surface area (Å²) in [6, 6.07) is 6.03. The van der Waals surface area contributed by atoms with Crippen LogP contribution in [0.2, 0.25) is 0 Å². The van der Waals surface area contributed by atoms with E-state index >= 15 is 0 Å². The van der Waals surface area contributed by atoms with Crippen LogP contribution in [-0.2, 0) is 5.75 Å². The molecule has 0 amide bonds. The molecule has 1 aromatic heterocycles. The lowest BCUT2D eigenvalue weighted by Crippen LogP contribution is -1.91. The van der Waals surface area contributed by atoms with Gasteiger partial charge >= 0.3 is 0 Å². The van der Waals surface area contributed by atoms with Crippen LogP contribution < -0.4 is 5.73 Å². The van der Waals surface area contributed by atoms with E-state index in [9.17, 15) is 0 Å². The highest BCUT2D eigenvalue weighted by Gasteiger charge is 2.29. The number of hydrogen-bond acceptors (Lipinski definition) is 5. The number of rotatable bonds is 4. The molecule has 0 atom stereocenters. The van der Waals surface area contributed by atoms with Crippen LogP contribution in [0.15, 0.2) is 27.6 Å². The summed E-state index contributed by atoms with van der Waals surface area (Å²) >= 11 is 1.65. The van der Waals surface area contributed by atoms with E-state index in [0.29, 0.717) is 11.7 Å². The van der Waals surface area contributed by atoms with Gasteiger partial charge in [0.05, 0.1) is 5.75 Å². The molecule has 1 aliphatic carbocycles. The Morgan fingerprint density at radius 3 is 3.06 bits per heavy atom. The summed E-state index contributed by atoms with van der Waals surface area (Å²) in [5.74, 6) is 2.76. The lowest BCUT2D eigenvalue weighted by Gasteiger charge is -2.04. The average molecular weight is 261 g/mol. The Labute approximate surface area is 110 Å². The molecule has 0 unspecified atom stereocenters. The third kappa shape index (κ3) is 2.51. The number of hydrogen-bond donors (Lipinski definition) is 1. The van der Waals surface area contributed by atoms with Crippen LogP contribution in [0.3, 0.4) is 0 Å². The molecular formula is C13H15N3OS. The van der Waals surface area contributed by atoms with Gasteiger partial charge in [0.1, 0.15) is 0 Å². The molecule has 1 aromatic carbocycles. The van der Waals surface area contributed by atoms with E-state index in [-0.39, 0.29) is 0 Å². The minimum absolute atomic E-state index is 0.514. The molecule has 2 N–H and O–H groups in total. The van der Waals surface area contributed by atoms with Crippen molar-refractivity contribution >= 4 is 17.4 Å². The van der Waals surface area contributed by atoms with Crippen LogP contribution in [0.25, 0.3) is 0 Å². The van der Waals surface area contributed by atoms with Crippen LogP contribution in [0.4, 0.5) is 5.69 Å². The molecule has 0 radical (unpaired) electrons. The zero-order valence-electron chi connectivity index (χ0n) is 10.2. The number of thioether (sulfide) groups is 1. The second kappa shape index (κ2) is 4.65. The van der Waals surface area contributed by atoms with Gasteiger partial charge in [0, 0.05) is 16.5 Å². The molecule has 18 heavy (non-hydrogen) atoms. The van der Waals surface area contributed by atoms with Crippen molar-refractivity contribution in [3.63, 3.8) is 0 Å². The monoisotopic (exact) mass is 261 g/mol. The molecule has 1 aliphatic rings. The fourth-order valence-electron chi connectivity index (χ4n) is 1.73. The van der Waals surface area contributed by atoms with Crippen LogP contribution in [-0.4, -0.2) is 10.1 Å². The van der Waals surface area contributed by atoms with Crippen molar-refractivity contribution < 1.29 is 4.52 Å². The van der Waals surface area contributed by atoms with Gasteiger partial charge in [-0.1, -0.05) is 11.2 Å². The van der Waals surface area contributed by atoms with Crippen molar-refractivity contribution in [2.45, 2.75) is 36.3 Å². The summed E-state index contributed by atoms with van der Waals surface area (Å²) in [6.07, 6.45) is 2.36. The Kier molecular flexibility index (Phi) is 2.99. The maximum Gasteiger partial charge on any atom is 0.229 e. The maximum atomic E-state index is 5.93. The number of nitrogens with zero attached hydrogens (tertiary/aromatic N) is 2. The third-order valence-electron chi connectivity index (χ3n) is 2.94. The van der Waals surface area contributed by atoms with Crippen molar-refractivity contribution in [2.24, 2.45) is 0 Å². The van der Waals surface area contributed by atoms with Crippen molar-refractivity contribution in [3.8, 4) is 0 Å².